The van der Waals surface area contributed by atoms with Crippen LogP contribution in [0.15, 0.2) is 34.9 Å². The van der Waals surface area contributed by atoms with Gasteiger partial charge in [0.2, 0.25) is 0 Å². The first-order valence-electron chi connectivity index (χ1n) is 4.75. The number of aliphatic hydroxyl groups is 1. The highest BCUT2D eigenvalue weighted by molar-refractivity contribution is 9.10. The highest BCUT2D eigenvalue weighted by Gasteiger charge is 2.16. The van der Waals surface area contributed by atoms with Gasteiger partial charge in [-0.2, -0.15) is 0 Å². The fourth-order valence-corrected chi connectivity index (χ4v) is 1.82. The molecule has 0 unspecified atom stereocenters. The van der Waals surface area contributed by atoms with E-state index < -0.39 is 5.60 Å². The van der Waals surface area contributed by atoms with Gasteiger partial charge in [-0.3, -0.25) is 4.98 Å². The van der Waals surface area contributed by atoms with E-state index in [4.69, 9.17) is 0 Å². The minimum atomic E-state index is -0.844. The number of halogens is 1. The third-order valence-corrected chi connectivity index (χ3v) is 2.84. The van der Waals surface area contributed by atoms with E-state index in [1.54, 1.807) is 20.0 Å². The lowest BCUT2D eigenvalue weighted by Gasteiger charge is -2.17. The van der Waals surface area contributed by atoms with Crippen molar-refractivity contribution in [3.05, 3.63) is 40.5 Å². The zero-order chi connectivity index (χ0) is 11.1. The summed E-state index contributed by atoms with van der Waals surface area (Å²) in [6.45, 7) is 3.52. The SMILES string of the molecule is CC(C)(O)c1cnc2ccc(Br)cc2c1. The van der Waals surface area contributed by atoms with Crippen LogP contribution in [0.2, 0.25) is 0 Å². The Morgan fingerprint density at radius 3 is 2.67 bits per heavy atom. The smallest absolute Gasteiger partial charge is 0.0855 e. The Labute approximate surface area is 97.1 Å². The zero-order valence-electron chi connectivity index (χ0n) is 8.66. The van der Waals surface area contributed by atoms with Crippen molar-refractivity contribution in [3.8, 4) is 0 Å². The largest absolute Gasteiger partial charge is 0.386 e. The highest BCUT2D eigenvalue weighted by atomic mass is 79.9. The van der Waals surface area contributed by atoms with Gasteiger partial charge in [0, 0.05) is 21.6 Å². The minimum absolute atomic E-state index is 0.827. The van der Waals surface area contributed by atoms with Gasteiger partial charge in [0.15, 0.2) is 0 Å². The monoisotopic (exact) mass is 265 g/mol. The molecule has 0 saturated carbocycles. The van der Waals surface area contributed by atoms with Crippen molar-refractivity contribution in [1.82, 2.24) is 4.98 Å². The van der Waals surface area contributed by atoms with E-state index in [9.17, 15) is 5.11 Å². The summed E-state index contributed by atoms with van der Waals surface area (Å²) in [5.74, 6) is 0. The summed E-state index contributed by atoms with van der Waals surface area (Å²) >= 11 is 3.42. The summed E-state index contributed by atoms with van der Waals surface area (Å²) in [6.07, 6.45) is 1.72. The molecule has 0 saturated heterocycles. The van der Waals surface area contributed by atoms with Gasteiger partial charge in [0.25, 0.3) is 0 Å². The summed E-state index contributed by atoms with van der Waals surface area (Å²) in [5, 5.41) is 10.9. The molecule has 0 aliphatic rings. The van der Waals surface area contributed by atoms with Crippen molar-refractivity contribution < 1.29 is 5.11 Å². The van der Waals surface area contributed by atoms with Crippen molar-refractivity contribution in [3.63, 3.8) is 0 Å². The number of hydrogen-bond donors (Lipinski definition) is 1. The summed E-state index contributed by atoms with van der Waals surface area (Å²) in [5.41, 5.74) is 0.919. The fourth-order valence-electron chi connectivity index (χ4n) is 1.44. The molecule has 15 heavy (non-hydrogen) atoms. The van der Waals surface area contributed by atoms with E-state index in [0.717, 1.165) is 20.9 Å². The molecule has 0 amide bonds. The van der Waals surface area contributed by atoms with E-state index in [1.165, 1.54) is 0 Å². The first-order chi connectivity index (χ1) is 6.97. The molecule has 0 atom stereocenters. The first kappa shape index (κ1) is 10.6. The summed E-state index contributed by atoms with van der Waals surface area (Å²) in [4.78, 5) is 4.31. The molecule has 2 aromatic rings. The van der Waals surface area contributed by atoms with Gasteiger partial charge in [-0.05, 0) is 38.1 Å². The maximum absolute atomic E-state index is 9.87. The molecule has 2 nitrogen and oxygen atoms in total. The van der Waals surface area contributed by atoms with Crippen LogP contribution in [-0.4, -0.2) is 10.1 Å². The molecule has 2 rings (SSSR count). The molecule has 3 heteroatoms. The molecule has 0 spiro atoms. The molecule has 0 aliphatic heterocycles. The number of nitrogens with zero attached hydrogens (tertiary/aromatic N) is 1. The Bertz CT molecular complexity index is 502. The van der Waals surface area contributed by atoms with Crippen LogP contribution < -0.4 is 0 Å². The van der Waals surface area contributed by atoms with E-state index in [-0.39, 0.29) is 0 Å². The second-order valence-corrected chi connectivity index (χ2v) is 5.04. The molecule has 1 aromatic heterocycles. The molecule has 1 N–H and O–H groups in total. The van der Waals surface area contributed by atoms with Gasteiger partial charge in [-0.1, -0.05) is 15.9 Å². The second kappa shape index (κ2) is 3.58. The van der Waals surface area contributed by atoms with Gasteiger partial charge < -0.3 is 5.11 Å². The molecule has 0 aliphatic carbocycles. The normalized spacial score (nSPS) is 12.0. The molecule has 78 valence electrons. The van der Waals surface area contributed by atoms with Crippen LogP contribution >= 0.6 is 15.9 Å². The fraction of sp³-hybridized carbons (Fsp3) is 0.250. The molecular formula is C12H12BrNO. The predicted octanol–water partition coefficient (Wildman–Crippen LogP) is 3.22. The molecule has 1 heterocycles. The van der Waals surface area contributed by atoms with Gasteiger partial charge in [0.1, 0.15) is 0 Å². The minimum Gasteiger partial charge on any atom is -0.386 e. The lowest BCUT2D eigenvalue weighted by Crippen LogP contribution is -2.15. The van der Waals surface area contributed by atoms with Crippen molar-refractivity contribution in [2.75, 3.05) is 0 Å². The van der Waals surface area contributed by atoms with Crippen LogP contribution in [0.4, 0.5) is 0 Å². The standard InChI is InChI=1S/C12H12BrNO/c1-12(2,15)9-5-8-6-10(13)3-4-11(8)14-7-9/h3-7,15H,1-2H3. The Kier molecular flexibility index (Phi) is 2.52. The van der Waals surface area contributed by atoms with E-state index in [2.05, 4.69) is 20.9 Å². The third kappa shape index (κ3) is 2.19. The maximum Gasteiger partial charge on any atom is 0.0855 e. The summed E-state index contributed by atoms with van der Waals surface area (Å²) in [7, 11) is 0. The Morgan fingerprint density at radius 1 is 1.27 bits per heavy atom. The van der Waals surface area contributed by atoms with Gasteiger partial charge >= 0.3 is 0 Å². The number of aromatic nitrogens is 1. The number of pyridine rings is 1. The Balaban J connectivity index is 2.64. The Morgan fingerprint density at radius 2 is 2.00 bits per heavy atom. The van der Waals surface area contributed by atoms with Crippen molar-refractivity contribution >= 4 is 26.8 Å². The molecule has 0 bridgehead atoms. The number of hydrogen-bond acceptors (Lipinski definition) is 2. The van der Waals surface area contributed by atoms with Crippen LogP contribution in [0.5, 0.6) is 0 Å². The average Bonchev–Trinajstić information content (AvgIpc) is 2.15. The second-order valence-electron chi connectivity index (χ2n) is 4.12. The van der Waals surface area contributed by atoms with E-state index in [0.29, 0.717) is 0 Å². The molecular weight excluding hydrogens is 254 g/mol. The average molecular weight is 266 g/mol. The Hall–Kier alpha value is -0.930. The van der Waals surface area contributed by atoms with E-state index >= 15 is 0 Å². The topological polar surface area (TPSA) is 33.1 Å². The quantitative estimate of drug-likeness (QED) is 0.859. The van der Waals surface area contributed by atoms with Crippen LogP contribution in [0.1, 0.15) is 19.4 Å². The third-order valence-electron chi connectivity index (χ3n) is 2.35. The molecule has 1 aromatic carbocycles. The van der Waals surface area contributed by atoms with Crippen LogP contribution in [0, 0.1) is 0 Å². The van der Waals surface area contributed by atoms with Gasteiger partial charge in [0.05, 0.1) is 11.1 Å². The number of rotatable bonds is 1. The maximum atomic E-state index is 9.87. The zero-order valence-corrected chi connectivity index (χ0v) is 10.2. The van der Waals surface area contributed by atoms with Crippen molar-refractivity contribution in [2.24, 2.45) is 0 Å². The summed E-state index contributed by atoms with van der Waals surface area (Å²) < 4.78 is 1.02. The summed E-state index contributed by atoms with van der Waals surface area (Å²) in [6, 6.07) is 7.87. The van der Waals surface area contributed by atoms with Crippen molar-refractivity contribution in [1.29, 1.82) is 0 Å². The lowest BCUT2D eigenvalue weighted by atomic mass is 9.99. The van der Waals surface area contributed by atoms with Crippen LogP contribution in [0.3, 0.4) is 0 Å². The van der Waals surface area contributed by atoms with Gasteiger partial charge in [-0.15, -0.1) is 0 Å². The van der Waals surface area contributed by atoms with E-state index in [1.807, 2.05) is 24.3 Å². The number of benzene rings is 1. The number of fused-ring (bicyclic) bond motifs is 1. The predicted molar refractivity (Wildman–Crippen MR) is 64.7 cm³/mol. The highest BCUT2D eigenvalue weighted by Crippen LogP contribution is 2.24. The van der Waals surface area contributed by atoms with Gasteiger partial charge in [-0.25, -0.2) is 0 Å². The molecule has 0 fully saturated rings. The van der Waals surface area contributed by atoms with Crippen LogP contribution in [0.25, 0.3) is 10.9 Å². The first-order valence-corrected chi connectivity index (χ1v) is 5.54. The molecule has 0 radical (unpaired) electrons. The van der Waals surface area contributed by atoms with Crippen molar-refractivity contribution in [2.45, 2.75) is 19.4 Å². The van der Waals surface area contributed by atoms with Crippen LogP contribution in [-0.2, 0) is 5.60 Å². The lowest BCUT2D eigenvalue weighted by molar-refractivity contribution is 0.0784.